The molecule has 0 bridgehead atoms. The van der Waals surface area contributed by atoms with Gasteiger partial charge >= 0.3 is 5.97 Å². The molecular formula is C32H48N2O9. The Morgan fingerprint density at radius 3 is 2.44 bits per heavy atom. The minimum Gasteiger partial charge on any atom is -0.460 e. The number of hydrogen-bond acceptors (Lipinski definition) is 9. The van der Waals surface area contributed by atoms with Crippen LogP contribution in [0.3, 0.4) is 0 Å². The van der Waals surface area contributed by atoms with Crippen molar-refractivity contribution in [2.45, 2.75) is 116 Å². The summed E-state index contributed by atoms with van der Waals surface area (Å²) in [6, 6.07) is 6.68. The van der Waals surface area contributed by atoms with Crippen molar-refractivity contribution in [2.24, 2.45) is 11.8 Å². The second kappa shape index (κ2) is 20.6. The number of nitrogens with one attached hydrogen (secondary N) is 1. The van der Waals surface area contributed by atoms with Gasteiger partial charge in [0.25, 0.3) is 5.09 Å². The Balaban J connectivity index is 1.60. The van der Waals surface area contributed by atoms with Crippen molar-refractivity contribution in [3.05, 3.63) is 57.7 Å². The molecular weight excluding hydrogens is 556 g/mol. The Hall–Kier alpha value is -3.31. The first-order valence-electron chi connectivity index (χ1n) is 15.5. The van der Waals surface area contributed by atoms with Crippen molar-refractivity contribution in [2.75, 3.05) is 6.54 Å². The number of aliphatic hydroxyl groups is 2. The lowest BCUT2D eigenvalue weighted by Crippen LogP contribution is -2.30. The fourth-order valence-electron chi connectivity index (χ4n) is 5.45. The Morgan fingerprint density at radius 2 is 1.70 bits per heavy atom. The molecule has 1 amide bonds. The lowest BCUT2D eigenvalue weighted by atomic mass is 9.86. The van der Waals surface area contributed by atoms with E-state index in [0.29, 0.717) is 56.1 Å². The number of amides is 1. The van der Waals surface area contributed by atoms with E-state index in [0.717, 1.165) is 19.3 Å². The van der Waals surface area contributed by atoms with Crippen molar-refractivity contribution in [3.63, 3.8) is 0 Å². The fraction of sp³-hybridized carbons (Fsp3) is 0.656. The van der Waals surface area contributed by atoms with Crippen LogP contribution in [0.2, 0.25) is 0 Å². The van der Waals surface area contributed by atoms with Crippen LogP contribution in [0.25, 0.3) is 0 Å². The molecule has 240 valence electrons. The molecule has 0 heterocycles. The van der Waals surface area contributed by atoms with Gasteiger partial charge in [0.1, 0.15) is 25.5 Å². The van der Waals surface area contributed by atoms with Crippen molar-refractivity contribution < 1.29 is 39.3 Å². The summed E-state index contributed by atoms with van der Waals surface area (Å²) in [5.74, 6) is -0.816. The smallest absolute Gasteiger partial charge is 0.325 e. The molecule has 0 saturated heterocycles. The molecule has 11 heteroatoms. The lowest BCUT2D eigenvalue weighted by Gasteiger charge is -2.22. The summed E-state index contributed by atoms with van der Waals surface area (Å²) in [5, 5.41) is 32.9. The molecule has 0 spiro atoms. The number of esters is 1. The summed E-state index contributed by atoms with van der Waals surface area (Å²) in [7, 11) is 0. The van der Waals surface area contributed by atoms with Gasteiger partial charge in [-0.2, -0.15) is 0 Å². The quantitative estimate of drug-likeness (QED) is 0.0557. The normalized spacial score (nSPS) is 19.8. The Morgan fingerprint density at radius 1 is 0.977 bits per heavy atom. The molecule has 1 saturated carbocycles. The second-order valence-electron chi connectivity index (χ2n) is 11.3. The third-order valence-corrected chi connectivity index (χ3v) is 7.84. The number of benzene rings is 1. The number of hydrogen-bond donors (Lipinski definition) is 3. The minimum atomic E-state index is -0.877. The van der Waals surface area contributed by atoms with E-state index in [4.69, 9.17) is 4.74 Å². The van der Waals surface area contributed by atoms with E-state index in [1.165, 1.54) is 12.8 Å². The van der Waals surface area contributed by atoms with Crippen LogP contribution in [0.5, 0.6) is 0 Å². The summed E-state index contributed by atoms with van der Waals surface area (Å²) < 4.78 is 5.15. The molecule has 0 aromatic heterocycles. The molecule has 1 aliphatic rings. The predicted octanol–water partition coefficient (Wildman–Crippen LogP) is 4.74. The van der Waals surface area contributed by atoms with Crippen molar-refractivity contribution in [1.29, 1.82) is 0 Å². The highest BCUT2D eigenvalue weighted by atomic mass is 16.9. The summed E-state index contributed by atoms with van der Waals surface area (Å²) >= 11 is 0. The fourth-order valence-corrected chi connectivity index (χ4v) is 5.45. The zero-order chi connectivity index (χ0) is 31.5. The number of nitrogens with zero attached hydrogens (tertiary/aromatic N) is 1. The van der Waals surface area contributed by atoms with E-state index in [1.807, 2.05) is 12.2 Å². The van der Waals surface area contributed by atoms with Crippen molar-refractivity contribution in [3.8, 4) is 0 Å². The van der Waals surface area contributed by atoms with Gasteiger partial charge in [-0.3, -0.25) is 14.4 Å². The average Bonchev–Trinajstić information content (AvgIpc) is 3.25. The number of unbranched alkanes of at least 4 members (excludes halogenated alkanes) is 5. The van der Waals surface area contributed by atoms with Gasteiger partial charge in [0.15, 0.2) is 0 Å². The Labute approximate surface area is 254 Å². The molecule has 1 aromatic carbocycles. The maximum absolute atomic E-state index is 12.3. The van der Waals surface area contributed by atoms with Crippen LogP contribution < -0.4 is 5.32 Å². The van der Waals surface area contributed by atoms with Gasteiger partial charge in [0.05, 0.1) is 12.2 Å². The molecule has 1 fully saturated rings. The molecule has 3 N–H and O–H groups in total. The van der Waals surface area contributed by atoms with Gasteiger partial charge in [-0.15, -0.1) is 10.1 Å². The van der Waals surface area contributed by atoms with E-state index in [-0.39, 0.29) is 49.7 Å². The molecule has 43 heavy (non-hydrogen) atoms. The SMILES string of the molecule is CCCCCCCC(=O)CC[C@@H]1[C@@H](CC=CCCCC(=O)NCC(=O)OCc2cccc(CO[N+](=O)[O-])c2)[C@@H](O)C[C@H]1O. The van der Waals surface area contributed by atoms with E-state index in [9.17, 15) is 34.7 Å². The van der Waals surface area contributed by atoms with E-state index in [2.05, 4.69) is 17.1 Å². The van der Waals surface area contributed by atoms with Crippen LogP contribution in [0, 0.1) is 22.0 Å². The number of rotatable bonds is 22. The number of carbonyl (C=O) groups excluding carboxylic acids is 3. The molecule has 0 unspecified atom stereocenters. The number of allylic oxidation sites excluding steroid dienone is 2. The molecule has 0 radical (unpaired) electrons. The standard InChI is InChI=1S/C32H48N2O9/c1-2-3-4-5-8-14-26(35)17-18-28-27(29(36)20-30(28)37)15-9-6-7-10-16-31(38)33-21-32(39)42-22-24-12-11-13-25(19-24)23-43-34(40)41/h6,9,11-13,19,27-30,36-37H,2-5,7-8,10,14-18,20-23H2,1H3,(H,33,38)/t27-,28-,29+,30-/m1/s1. The van der Waals surface area contributed by atoms with E-state index < -0.39 is 23.3 Å². The van der Waals surface area contributed by atoms with Gasteiger partial charge in [-0.25, -0.2) is 0 Å². The summed E-state index contributed by atoms with van der Waals surface area (Å²) in [6.45, 7) is 1.67. The predicted molar refractivity (Wildman–Crippen MR) is 160 cm³/mol. The Bertz CT molecular complexity index is 1050. The van der Waals surface area contributed by atoms with E-state index in [1.54, 1.807) is 24.3 Å². The first kappa shape index (κ1) is 35.9. The third-order valence-electron chi connectivity index (χ3n) is 7.84. The number of ketones is 1. The zero-order valence-electron chi connectivity index (χ0n) is 25.3. The van der Waals surface area contributed by atoms with Gasteiger partial charge < -0.3 is 25.1 Å². The maximum atomic E-state index is 12.3. The van der Waals surface area contributed by atoms with Crippen LogP contribution in [0.15, 0.2) is 36.4 Å². The molecule has 0 aliphatic heterocycles. The van der Waals surface area contributed by atoms with Crippen LogP contribution in [-0.4, -0.2) is 51.7 Å². The van der Waals surface area contributed by atoms with Gasteiger partial charge in [-0.1, -0.05) is 69.0 Å². The summed E-state index contributed by atoms with van der Waals surface area (Å²) in [6.07, 6.45) is 12.3. The Kier molecular flexibility index (Phi) is 17.2. The van der Waals surface area contributed by atoms with Crippen LogP contribution in [0.1, 0.15) is 102 Å². The van der Waals surface area contributed by atoms with Gasteiger partial charge in [0.2, 0.25) is 5.91 Å². The number of ether oxygens (including phenoxy) is 1. The summed E-state index contributed by atoms with van der Waals surface area (Å²) in [5.41, 5.74) is 1.21. The first-order valence-corrected chi connectivity index (χ1v) is 15.5. The number of Topliss-reactive ketones (excluding diaryl/α,β-unsaturated/α-hetero) is 1. The average molecular weight is 605 g/mol. The number of aliphatic hydroxyl groups excluding tert-OH is 2. The highest BCUT2D eigenvalue weighted by Gasteiger charge is 2.40. The van der Waals surface area contributed by atoms with E-state index >= 15 is 0 Å². The minimum absolute atomic E-state index is 0.0329. The van der Waals surface area contributed by atoms with Gasteiger partial charge in [-0.05, 0) is 61.5 Å². The van der Waals surface area contributed by atoms with Crippen LogP contribution in [-0.2, 0) is 37.2 Å². The monoisotopic (exact) mass is 604 g/mol. The molecule has 4 atom stereocenters. The number of carbonyl (C=O) groups is 3. The first-order chi connectivity index (χ1) is 20.7. The van der Waals surface area contributed by atoms with Crippen molar-refractivity contribution in [1.82, 2.24) is 5.32 Å². The molecule has 1 aliphatic carbocycles. The maximum Gasteiger partial charge on any atom is 0.325 e. The van der Waals surface area contributed by atoms with Crippen molar-refractivity contribution >= 4 is 17.7 Å². The van der Waals surface area contributed by atoms with Crippen LogP contribution >= 0.6 is 0 Å². The second-order valence-corrected chi connectivity index (χ2v) is 11.3. The highest BCUT2D eigenvalue weighted by Crippen LogP contribution is 2.38. The topological polar surface area (TPSA) is 165 Å². The summed E-state index contributed by atoms with van der Waals surface area (Å²) in [4.78, 5) is 51.0. The lowest BCUT2D eigenvalue weighted by molar-refractivity contribution is -0.763. The highest BCUT2D eigenvalue weighted by molar-refractivity contribution is 5.81. The molecule has 11 nitrogen and oxygen atoms in total. The third kappa shape index (κ3) is 15.1. The largest absolute Gasteiger partial charge is 0.460 e. The van der Waals surface area contributed by atoms with Crippen LogP contribution in [0.4, 0.5) is 0 Å². The molecule has 1 aromatic rings. The molecule has 2 rings (SSSR count). The zero-order valence-corrected chi connectivity index (χ0v) is 25.3. The van der Waals surface area contributed by atoms with Gasteiger partial charge in [0, 0.05) is 19.3 Å².